The number of halogens is 2. The minimum Gasteiger partial charge on any atom is -0.320 e. The molecule has 1 aliphatic heterocycles. The molecule has 0 aliphatic carbocycles. The first-order valence-corrected chi connectivity index (χ1v) is 11.3. The van der Waals surface area contributed by atoms with Crippen molar-refractivity contribution in [1.82, 2.24) is 14.5 Å². The topological polar surface area (TPSA) is 92.3 Å². The van der Waals surface area contributed by atoms with Crippen molar-refractivity contribution in [3.63, 3.8) is 0 Å². The van der Waals surface area contributed by atoms with E-state index in [-0.39, 0.29) is 22.1 Å². The number of aromatic nitrogens is 2. The molecule has 1 amide bonds. The quantitative estimate of drug-likeness (QED) is 0.641. The van der Waals surface area contributed by atoms with Crippen LogP contribution in [0.5, 0.6) is 0 Å². The highest BCUT2D eigenvalue weighted by Gasteiger charge is 2.38. The molecule has 3 aromatic rings. The van der Waals surface area contributed by atoms with Crippen LogP contribution in [0.25, 0.3) is 0 Å². The van der Waals surface area contributed by atoms with Gasteiger partial charge in [0.2, 0.25) is 15.0 Å². The van der Waals surface area contributed by atoms with Crippen LogP contribution in [0, 0.1) is 11.6 Å². The fraction of sp³-hybridized carbons (Fsp3) is 0.211. The summed E-state index contributed by atoms with van der Waals surface area (Å²) in [7, 11) is -3.93. The van der Waals surface area contributed by atoms with Gasteiger partial charge in [0.25, 0.3) is 5.91 Å². The minimum absolute atomic E-state index is 0.0317. The second kappa shape index (κ2) is 8.17. The maximum Gasteiger partial charge on any atom is 0.286 e. The third kappa shape index (κ3) is 4.09. The molecule has 4 rings (SSSR count). The van der Waals surface area contributed by atoms with E-state index in [1.54, 1.807) is 0 Å². The van der Waals surface area contributed by atoms with Gasteiger partial charge in [-0.1, -0.05) is 23.5 Å². The van der Waals surface area contributed by atoms with Crippen molar-refractivity contribution in [3.8, 4) is 0 Å². The third-order valence-electron chi connectivity index (χ3n) is 4.61. The Labute approximate surface area is 175 Å². The summed E-state index contributed by atoms with van der Waals surface area (Å²) in [5.41, 5.74) is 0.271. The molecule has 1 aromatic heterocycles. The summed E-state index contributed by atoms with van der Waals surface area (Å²) in [4.78, 5) is 12.3. The number of amides is 1. The highest BCUT2D eigenvalue weighted by molar-refractivity contribution is 7.89. The second-order valence-electron chi connectivity index (χ2n) is 6.64. The average molecular weight is 450 g/mol. The van der Waals surface area contributed by atoms with Gasteiger partial charge in [0.15, 0.2) is 0 Å². The van der Waals surface area contributed by atoms with E-state index in [9.17, 15) is 22.0 Å². The highest BCUT2D eigenvalue weighted by atomic mass is 32.2. The molecule has 0 unspecified atom stereocenters. The van der Waals surface area contributed by atoms with E-state index in [0.717, 1.165) is 17.4 Å². The lowest BCUT2D eigenvalue weighted by Gasteiger charge is -2.22. The molecule has 1 fully saturated rings. The van der Waals surface area contributed by atoms with Gasteiger partial charge in [-0.05, 0) is 49.2 Å². The normalized spacial score (nSPS) is 17.2. The van der Waals surface area contributed by atoms with Gasteiger partial charge in [-0.2, -0.15) is 4.31 Å². The molecule has 0 spiro atoms. The number of carbonyl (C=O) groups is 1. The first-order valence-electron chi connectivity index (χ1n) is 9.02. The Morgan fingerprint density at radius 1 is 1.10 bits per heavy atom. The summed E-state index contributed by atoms with van der Waals surface area (Å²) >= 11 is 0.972. The first kappa shape index (κ1) is 20.5. The van der Waals surface area contributed by atoms with Crippen LogP contribution >= 0.6 is 11.3 Å². The fourth-order valence-corrected chi connectivity index (χ4v) is 5.89. The summed E-state index contributed by atoms with van der Waals surface area (Å²) in [6.07, 6.45) is 1.11. The lowest BCUT2D eigenvalue weighted by Crippen LogP contribution is -2.30. The number of sulfonamides is 1. The molecule has 156 valence electrons. The van der Waals surface area contributed by atoms with Crippen molar-refractivity contribution in [1.29, 1.82) is 0 Å². The molecule has 0 bridgehead atoms. The second-order valence-corrected chi connectivity index (χ2v) is 9.54. The zero-order valence-corrected chi connectivity index (χ0v) is 17.1. The predicted octanol–water partition coefficient (Wildman–Crippen LogP) is 3.59. The van der Waals surface area contributed by atoms with E-state index < -0.39 is 33.6 Å². The van der Waals surface area contributed by atoms with Crippen molar-refractivity contribution in [2.45, 2.75) is 23.8 Å². The average Bonchev–Trinajstić information content (AvgIpc) is 3.38. The summed E-state index contributed by atoms with van der Waals surface area (Å²) in [5, 5.41) is 10.8. The third-order valence-corrected chi connectivity index (χ3v) is 7.54. The number of rotatable bonds is 5. The number of anilines is 1. The molecule has 2 heterocycles. The van der Waals surface area contributed by atoms with E-state index in [1.807, 2.05) is 0 Å². The Bertz CT molecular complexity index is 1200. The molecular weight excluding hydrogens is 434 g/mol. The van der Waals surface area contributed by atoms with Crippen LogP contribution in [0.1, 0.15) is 33.7 Å². The molecule has 2 aromatic carbocycles. The van der Waals surface area contributed by atoms with Gasteiger partial charge < -0.3 is 5.32 Å². The zero-order valence-electron chi connectivity index (χ0n) is 15.5. The largest absolute Gasteiger partial charge is 0.320 e. The van der Waals surface area contributed by atoms with E-state index in [0.29, 0.717) is 17.8 Å². The number of carbonyl (C=O) groups excluding carboxylic acids is 1. The lowest BCUT2D eigenvalue weighted by molar-refractivity contribution is 0.102. The molecule has 1 saturated heterocycles. The Morgan fingerprint density at radius 3 is 2.57 bits per heavy atom. The standard InChI is InChI=1S/C19H16F2N4O3S2/c20-12-4-1-6-14(10-12)22-17(26)19-24-23-18(29-19)16-8-3-9-25(16)30(27,28)15-7-2-5-13(21)11-15/h1-2,4-7,10-11,16H,3,8-9H2,(H,22,26)/t16-/m0/s1. The van der Waals surface area contributed by atoms with Gasteiger partial charge in [0, 0.05) is 12.2 Å². The van der Waals surface area contributed by atoms with Crippen LogP contribution in [0.2, 0.25) is 0 Å². The smallest absolute Gasteiger partial charge is 0.286 e. The predicted molar refractivity (Wildman–Crippen MR) is 107 cm³/mol. The summed E-state index contributed by atoms with van der Waals surface area (Å²) in [5.74, 6) is -1.70. The number of benzene rings is 2. The zero-order chi connectivity index (χ0) is 21.3. The van der Waals surface area contributed by atoms with Gasteiger partial charge >= 0.3 is 0 Å². The van der Waals surface area contributed by atoms with Crippen LogP contribution < -0.4 is 5.32 Å². The van der Waals surface area contributed by atoms with Crippen molar-refractivity contribution >= 4 is 33.0 Å². The Kier molecular flexibility index (Phi) is 5.58. The first-order chi connectivity index (χ1) is 14.3. The van der Waals surface area contributed by atoms with E-state index in [4.69, 9.17) is 0 Å². The van der Waals surface area contributed by atoms with Gasteiger partial charge in [0.05, 0.1) is 10.9 Å². The minimum atomic E-state index is -3.93. The van der Waals surface area contributed by atoms with Crippen molar-refractivity contribution in [2.75, 3.05) is 11.9 Å². The molecule has 30 heavy (non-hydrogen) atoms. The summed E-state index contributed by atoms with van der Waals surface area (Å²) in [6.45, 7) is 0.258. The van der Waals surface area contributed by atoms with Crippen molar-refractivity contribution in [3.05, 3.63) is 70.2 Å². The number of hydrogen-bond donors (Lipinski definition) is 1. The summed E-state index contributed by atoms with van der Waals surface area (Å²) < 4.78 is 54.0. The van der Waals surface area contributed by atoms with Gasteiger partial charge in [-0.15, -0.1) is 10.2 Å². The molecular formula is C19H16F2N4O3S2. The Hall–Kier alpha value is -2.76. The van der Waals surface area contributed by atoms with Crippen molar-refractivity contribution < 1.29 is 22.0 Å². The SMILES string of the molecule is O=C(Nc1cccc(F)c1)c1nnc([C@@H]2CCCN2S(=O)(=O)c2cccc(F)c2)s1. The summed E-state index contributed by atoms with van der Waals surface area (Å²) in [6, 6.07) is 9.66. The van der Waals surface area contributed by atoms with Crippen LogP contribution in [-0.4, -0.2) is 35.4 Å². The van der Waals surface area contributed by atoms with Crippen LogP contribution in [0.4, 0.5) is 14.5 Å². The number of nitrogens with one attached hydrogen (secondary N) is 1. The van der Waals surface area contributed by atoms with Gasteiger partial charge in [-0.25, -0.2) is 17.2 Å². The molecule has 0 saturated carbocycles. The van der Waals surface area contributed by atoms with E-state index in [1.165, 1.54) is 46.8 Å². The van der Waals surface area contributed by atoms with Gasteiger partial charge in [-0.3, -0.25) is 4.79 Å². The number of nitrogens with zero attached hydrogens (tertiary/aromatic N) is 3. The monoisotopic (exact) mass is 450 g/mol. The highest BCUT2D eigenvalue weighted by Crippen LogP contribution is 2.37. The fourth-order valence-electron chi connectivity index (χ4n) is 3.25. The number of hydrogen-bond acceptors (Lipinski definition) is 6. The molecule has 1 atom stereocenters. The maximum atomic E-state index is 13.5. The molecule has 11 heteroatoms. The molecule has 0 radical (unpaired) electrons. The van der Waals surface area contributed by atoms with Crippen LogP contribution in [0.3, 0.4) is 0 Å². The lowest BCUT2D eigenvalue weighted by atomic mass is 10.2. The Balaban J connectivity index is 1.55. The molecule has 1 N–H and O–H groups in total. The van der Waals surface area contributed by atoms with Gasteiger partial charge in [0.1, 0.15) is 16.6 Å². The van der Waals surface area contributed by atoms with E-state index >= 15 is 0 Å². The van der Waals surface area contributed by atoms with Crippen LogP contribution in [0.15, 0.2) is 53.4 Å². The Morgan fingerprint density at radius 2 is 1.83 bits per heavy atom. The molecule has 7 nitrogen and oxygen atoms in total. The molecule has 1 aliphatic rings. The van der Waals surface area contributed by atoms with Crippen LogP contribution in [-0.2, 0) is 10.0 Å². The maximum absolute atomic E-state index is 13.5. The van der Waals surface area contributed by atoms with E-state index in [2.05, 4.69) is 15.5 Å². The van der Waals surface area contributed by atoms with Crippen molar-refractivity contribution in [2.24, 2.45) is 0 Å².